The van der Waals surface area contributed by atoms with Gasteiger partial charge in [0.2, 0.25) is 11.9 Å². The zero-order chi connectivity index (χ0) is 15.6. The second-order valence-corrected chi connectivity index (χ2v) is 6.77. The van der Waals surface area contributed by atoms with E-state index in [1.165, 1.54) is 24.0 Å². The number of carbonyl (C=O) groups excluding carboxylic acids is 1. The van der Waals surface area contributed by atoms with Crippen LogP contribution in [0.25, 0.3) is 11.0 Å². The first-order valence-corrected chi connectivity index (χ1v) is 8.76. The van der Waals surface area contributed by atoms with Gasteiger partial charge in [0.25, 0.3) is 0 Å². The lowest BCUT2D eigenvalue weighted by Crippen LogP contribution is -2.14. The fourth-order valence-corrected chi connectivity index (χ4v) is 3.73. The van der Waals surface area contributed by atoms with E-state index >= 15 is 0 Å². The summed E-state index contributed by atoms with van der Waals surface area (Å²) in [6.07, 6.45) is 3.59. The summed E-state index contributed by atoms with van der Waals surface area (Å²) in [5, 5.41) is 2.83. The van der Waals surface area contributed by atoms with Gasteiger partial charge in [-0.1, -0.05) is 18.2 Å². The van der Waals surface area contributed by atoms with E-state index in [0.717, 1.165) is 22.3 Å². The summed E-state index contributed by atoms with van der Waals surface area (Å²) in [5.41, 5.74) is 4.68. The van der Waals surface area contributed by atoms with Crippen LogP contribution in [0.4, 0.5) is 5.95 Å². The molecule has 0 saturated carbocycles. The quantitative estimate of drug-likeness (QED) is 0.718. The number of aromatic nitrogens is 2. The fourth-order valence-electron chi connectivity index (χ4n) is 2.97. The Morgan fingerprint density at radius 2 is 2.04 bits per heavy atom. The van der Waals surface area contributed by atoms with Crippen molar-refractivity contribution < 1.29 is 4.79 Å². The summed E-state index contributed by atoms with van der Waals surface area (Å²) >= 11 is 1.57. The van der Waals surface area contributed by atoms with Crippen LogP contribution in [0.5, 0.6) is 0 Å². The third-order valence-electron chi connectivity index (χ3n) is 4.09. The van der Waals surface area contributed by atoms with Crippen LogP contribution in [0.1, 0.15) is 17.5 Å². The molecule has 0 radical (unpaired) electrons. The van der Waals surface area contributed by atoms with Crippen molar-refractivity contribution in [3.05, 3.63) is 53.6 Å². The number of imidazole rings is 1. The van der Waals surface area contributed by atoms with Crippen LogP contribution in [0.2, 0.25) is 0 Å². The summed E-state index contributed by atoms with van der Waals surface area (Å²) in [7, 11) is 0. The molecular formula is C18H17N3OS. The molecule has 0 unspecified atom stereocenters. The third-order valence-corrected chi connectivity index (χ3v) is 5.08. The average Bonchev–Trinajstić information content (AvgIpc) is 3.18. The van der Waals surface area contributed by atoms with Crippen molar-refractivity contribution in [2.24, 2.45) is 0 Å². The van der Waals surface area contributed by atoms with E-state index in [1.807, 2.05) is 24.3 Å². The minimum atomic E-state index is -0.0467. The number of amides is 1. The highest BCUT2D eigenvalue weighted by Gasteiger charge is 2.12. The molecule has 0 saturated heterocycles. The molecule has 2 N–H and O–H groups in total. The van der Waals surface area contributed by atoms with Crippen LogP contribution in [0.3, 0.4) is 0 Å². The smallest absolute Gasteiger partial charge is 0.237 e. The number of hydrogen-bond donors (Lipinski definition) is 2. The summed E-state index contributed by atoms with van der Waals surface area (Å²) in [5.74, 6) is 0.843. The van der Waals surface area contributed by atoms with Gasteiger partial charge in [0.05, 0.1) is 16.8 Å². The van der Waals surface area contributed by atoms with Gasteiger partial charge in [0.15, 0.2) is 0 Å². The topological polar surface area (TPSA) is 57.8 Å². The number of aromatic amines is 1. The molecule has 3 aromatic rings. The second-order valence-electron chi connectivity index (χ2n) is 5.72. The van der Waals surface area contributed by atoms with Crippen molar-refractivity contribution in [3.8, 4) is 0 Å². The number of carbonyl (C=O) groups is 1. The van der Waals surface area contributed by atoms with Gasteiger partial charge < -0.3 is 4.98 Å². The van der Waals surface area contributed by atoms with Gasteiger partial charge in [0, 0.05) is 4.90 Å². The number of nitrogens with zero attached hydrogens (tertiary/aromatic N) is 1. The molecule has 1 aliphatic carbocycles. The van der Waals surface area contributed by atoms with E-state index in [0.29, 0.717) is 11.7 Å². The zero-order valence-electron chi connectivity index (χ0n) is 12.6. The molecule has 4 nitrogen and oxygen atoms in total. The number of nitrogens with one attached hydrogen (secondary N) is 2. The standard InChI is InChI=1S/C18H17N3OS/c22-17(21-18-19-15-6-1-2-7-16(15)20-18)11-23-14-9-8-12-4-3-5-13(12)10-14/h1-2,6-10H,3-5,11H2,(H2,19,20,21,22). The Balaban J connectivity index is 1.38. The number of H-pyrrole nitrogens is 1. The zero-order valence-corrected chi connectivity index (χ0v) is 13.5. The number of fused-ring (bicyclic) bond motifs is 2. The Kier molecular flexibility index (Phi) is 3.79. The average molecular weight is 323 g/mol. The number of benzene rings is 2. The third kappa shape index (κ3) is 3.10. The Hall–Kier alpha value is -2.27. The van der Waals surface area contributed by atoms with E-state index in [4.69, 9.17) is 0 Å². The van der Waals surface area contributed by atoms with Crippen LogP contribution in [-0.4, -0.2) is 21.6 Å². The van der Waals surface area contributed by atoms with E-state index in [2.05, 4.69) is 33.5 Å². The molecule has 116 valence electrons. The van der Waals surface area contributed by atoms with E-state index < -0.39 is 0 Å². The van der Waals surface area contributed by atoms with Gasteiger partial charge >= 0.3 is 0 Å². The molecule has 0 aliphatic heterocycles. The lowest BCUT2D eigenvalue weighted by Gasteiger charge is -2.05. The molecule has 5 heteroatoms. The molecular weight excluding hydrogens is 306 g/mol. The highest BCUT2D eigenvalue weighted by molar-refractivity contribution is 8.00. The number of anilines is 1. The molecule has 4 rings (SSSR count). The highest BCUT2D eigenvalue weighted by atomic mass is 32.2. The predicted octanol–water partition coefficient (Wildman–Crippen LogP) is 3.78. The molecule has 1 heterocycles. The molecule has 1 aromatic heterocycles. The molecule has 0 fully saturated rings. The maximum Gasteiger partial charge on any atom is 0.237 e. The van der Waals surface area contributed by atoms with Gasteiger partial charge in [-0.25, -0.2) is 4.98 Å². The molecule has 0 spiro atoms. The second kappa shape index (κ2) is 6.08. The largest absolute Gasteiger partial charge is 0.324 e. The van der Waals surface area contributed by atoms with Gasteiger partial charge in [0.1, 0.15) is 0 Å². The van der Waals surface area contributed by atoms with Crippen molar-refractivity contribution in [2.45, 2.75) is 24.2 Å². The minimum absolute atomic E-state index is 0.0467. The van der Waals surface area contributed by atoms with Gasteiger partial charge in [-0.15, -0.1) is 11.8 Å². The molecule has 0 atom stereocenters. The number of thioether (sulfide) groups is 1. The number of para-hydroxylation sites is 2. The predicted molar refractivity (Wildman–Crippen MR) is 93.9 cm³/mol. The van der Waals surface area contributed by atoms with Crippen LogP contribution in [-0.2, 0) is 17.6 Å². The van der Waals surface area contributed by atoms with Gasteiger partial charge in [-0.3, -0.25) is 10.1 Å². The lowest BCUT2D eigenvalue weighted by molar-refractivity contribution is -0.113. The Labute approximate surface area is 138 Å². The first kappa shape index (κ1) is 14.3. The fraction of sp³-hybridized carbons (Fsp3) is 0.222. The van der Waals surface area contributed by atoms with Crippen LogP contribution in [0.15, 0.2) is 47.4 Å². The van der Waals surface area contributed by atoms with Crippen molar-refractivity contribution in [1.29, 1.82) is 0 Å². The van der Waals surface area contributed by atoms with E-state index in [-0.39, 0.29) is 5.91 Å². The lowest BCUT2D eigenvalue weighted by atomic mass is 10.1. The van der Waals surface area contributed by atoms with Crippen molar-refractivity contribution in [1.82, 2.24) is 9.97 Å². The Morgan fingerprint density at radius 3 is 2.96 bits per heavy atom. The van der Waals surface area contributed by atoms with Crippen LogP contribution in [0, 0.1) is 0 Å². The Morgan fingerprint density at radius 1 is 1.17 bits per heavy atom. The van der Waals surface area contributed by atoms with E-state index in [1.54, 1.807) is 11.8 Å². The first-order valence-electron chi connectivity index (χ1n) is 7.77. The van der Waals surface area contributed by atoms with Crippen molar-refractivity contribution >= 4 is 34.7 Å². The number of aryl methyl sites for hydroxylation is 2. The summed E-state index contributed by atoms with van der Waals surface area (Å²) in [6.45, 7) is 0. The molecule has 1 amide bonds. The molecule has 0 bridgehead atoms. The van der Waals surface area contributed by atoms with Crippen molar-refractivity contribution in [2.75, 3.05) is 11.1 Å². The monoisotopic (exact) mass is 323 g/mol. The normalized spacial score (nSPS) is 13.2. The highest BCUT2D eigenvalue weighted by Crippen LogP contribution is 2.27. The molecule has 23 heavy (non-hydrogen) atoms. The summed E-state index contributed by atoms with van der Waals surface area (Å²) in [4.78, 5) is 20.7. The maximum atomic E-state index is 12.1. The molecule has 1 aliphatic rings. The van der Waals surface area contributed by atoms with Crippen LogP contribution < -0.4 is 5.32 Å². The number of hydrogen-bond acceptors (Lipinski definition) is 3. The van der Waals surface area contributed by atoms with Gasteiger partial charge in [-0.05, 0) is 54.7 Å². The van der Waals surface area contributed by atoms with Crippen molar-refractivity contribution in [3.63, 3.8) is 0 Å². The number of rotatable bonds is 4. The summed E-state index contributed by atoms with van der Waals surface area (Å²) in [6, 6.07) is 14.3. The minimum Gasteiger partial charge on any atom is -0.324 e. The Bertz CT molecular complexity index is 839. The van der Waals surface area contributed by atoms with E-state index in [9.17, 15) is 4.79 Å². The first-order chi connectivity index (χ1) is 11.3. The van der Waals surface area contributed by atoms with Crippen LogP contribution >= 0.6 is 11.8 Å². The SMILES string of the molecule is O=C(CSc1ccc2c(c1)CCC2)Nc1nc2ccccc2[nH]1. The molecule has 2 aromatic carbocycles. The summed E-state index contributed by atoms with van der Waals surface area (Å²) < 4.78 is 0. The maximum absolute atomic E-state index is 12.1. The van der Waals surface area contributed by atoms with Gasteiger partial charge in [-0.2, -0.15) is 0 Å².